The molecule has 4 aliphatic carbocycles. The molecule has 4 bridgehead atoms. The number of pyridine rings is 1. The van der Waals surface area contributed by atoms with Gasteiger partial charge in [-0.15, -0.1) is 0 Å². The normalized spacial score (nSPS) is 36.6. The van der Waals surface area contributed by atoms with Crippen LogP contribution < -0.4 is 5.32 Å². The third-order valence-electron chi connectivity index (χ3n) is 5.90. The highest BCUT2D eigenvalue weighted by molar-refractivity contribution is 5.39. The summed E-state index contributed by atoms with van der Waals surface area (Å²) in [6.07, 6.45) is 4.79. The van der Waals surface area contributed by atoms with Crippen LogP contribution in [-0.4, -0.2) is 11.5 Å². The molecule has 22 heavy (non-hydrogen) atoms. The Bertz CT molecular complexity index is 532. The van der Waals surface area contributed by atoms with E-state index in [0.717, 1.165) is 36.4 Å². The lowest BCUT2D eigenvalue weighted by Crippen LogP contribution is -2.49. The molecule has 0 atom stereocenters. The zero-order valence-electron chi connectivity index (χ0n) is 12.5. The summed E-state index contributed by atoms with van der Waals surface area (Å²) in [6.45, 7) is 0.769. The van der Waals surface area contributed by atoms with E-state index in [4.69, 9.17) is 0 Å². The summed E-state index contributed by atoms with van der Waals surface area (Å²) < 4.78 is 38.3. The van der Waals surface area contributed by atoms with Crippen molar-refractivity contribution in [2.75, 3.05) is 11.9 Å². The van der Waals surface area contributed by atoms with Gasteiger partial charge in [0.2, 0.25) is 0 Å². The van der Waals surface area contributed by atoms with Gasteiger partial charge in [0.05, 0.1) is 5.56 Å². The summed E-state index contributed by atoms with van der Waals surface area (Å²) in [5, 5.41) is 3.20. The molecule has 5 heteroatoms. The van der Waals surface area contributed by atoms with Crippen LogP contribution in [0.3, 0.4) is 0 Å². The van der Waals surface area contributed by atoms with Crippen molar-refractivity contribution < 1.29 is 13.2 Å². The highest BCUT2D eigenvalue weighted by atomic mass is 19.4. The average Bonchev–Trinajstić information content (AvgIpc) is 2.43. The zero-order chi connectivity index (χ0) is 15.4. The number of anilines is 1. The summed E-state index contributed by atoms with van der Waals surface area (Å²) in [7, 11) is 0. The second-order valence-corrected chi connectivity index (χ2v) is 7.70. The SMILES string of the molecule is FC(F)(F)c1ccnc(NCC23CC4CC(CC(C4)C2)C3)c1. The molecule has 0 unspecified atom stereocenters. The van der Waals surface area contributed by atoms with Gasteiger partial charge in [-0.3, -0.25) is 0 Å². The Morgan fingerprint density at radius 2 is 1.68 bits per heavy atom. The summed E-state index contributed by atoms with van der Waals surface area (Å²) in [6, 6.07) is 2.15. The molecule has 4 aliphatic rings. The second kappa shape index (κ2) is 4.87. The third-order valence-corrected chi connectivity index (χ3v) is 5.90. The molecular weight excluding hydrogens is 289 g/mol. The smallest absolute Gasteiger partial charge is 0.370 e. The standard InChI is InChI=1S/C17H21F3N2/c18-17(19,20)14-1-2-21-15(6-14)22-10-16-7-11-3-12(8-16)5-13(4-11)9-16/h1-2,6,11-13H,3-5,7-10H2,(H,21,22). The Morgan fingerprint density at radius 3 is 2.23 bits per heavy atom. The van der Waals surface area contributed by atoms with Crippen LogP contribution in [0, 0.1) is 23.2 Å². The monoisotopic (exact) mass is 310 g/mol. The van der Waals surface area contributed by atoms with E-state index < -0.39 is 11.7 Å². The van der Waals surface area contributed by atoms with Gasteiger partial charge in [-0.1, -0.05) is 0 Å². The Balaban J connectivity index is 1.47. The summed E-state index contributed by atoms with van der Waals surface area (Å²) in [5.74, 6) is 2.90. The van der Waals surface area contributed by atoms with Crippen LogP contribution in [0.1, 0.15) is 44.1 Å². The predicted octanol–water partition coefficient (Wildman–Crippen LogP) is 4.73. The van der Waals surface area contributed by atoms with E-state index in [9.17, 15) is 13.2 Å². The van der Waals surface area contributed by atoms with Crippen LogP contribution in [0.25, 0.3) is 0 Å². The van der Waals surface area contributed by atoms with Crippen molar-refractivity contribution in [2.45, 2.75) is 44.7 Å². The van der Waals surface area contributed by atoms with Crippen LogP contribution in [0.5, 0.6) is 0 Å². The number of hydrogen-bond acceptors (Lipinski definition) is 2. The molecule has 1 aromatic heterocycles. The van der Waals surface area contributed by atoms with Crippen LogP contribution >= 0.6 is 0 Å². The van der Waals surface area contributed by atoms with E-state index in [1.165, 1.54) is 44.7 Å². The minimum absolute atomic E-state index is 0.296. The summed E-state index contributed by atoms with van der Waals surface area (Å²) >= 11 is 0. The molecule has 4 saturated carbocycles. The van der Waals surface area contributed by atoms with Gasteiger partial charge >= 0.3 is 6.18 Å². The van der Waals surface area contributed by atoms with Crippen LogP contribution in [-0.2, 0) is 6.18 Å². The minimum atomic E-state index is -4.31. The molecule has 0 aromatic carbocycles. The maximum Gasteiger partial charge on any atom is 0.416 e. The maximum absolute atomic E-state index is 12.8. The first-order chi connectivity index (χ1) is 10.4. The van der Waals surface area contributed by atoms with Gasteiger partial charge in [-0.25, -0.2) is 4.98 Å². The third kappa shape index (κ3) is 2.59. The van der Waals surface area contributed by atoms with E-state index in [0.29, 0.717) is 11.2 Å². The van der Waals surface area contributed by atoms with E-state index in [-0.39, 0.29) is 0 Å². The molecule has 0 aliphatic heterocycles. The molecule has 5 rings (SSSR count). The van der Waals surface area contributed by atoms with Gasteiger partial charge in [0.1, 0.15) is 5.82 Å². The Morgan fingerprint density at radius 1 is 1.09 bits per heavy atom. The van der Waals surface area contributed by atoms with Crippen molar-refractivity contribution in [3.8, 4) is 0 Å². The van der Waals surface area contributed by atoms with Gasteiger partial charge in [0.15, 0.2) is 0 Å². The highest BCUT2D eigenvalue weighted by Gasteiger charge is 2.50. The molecule has 1 heterocycles. The van der Waals surface area contributed by atoms with E-state index in [2.05, 4.69) is 10.3 Å². The molecule has 0 saturated heterocycles. The lowest BCUT2D eigenvalue weighted by atomic mass is 9.49. The molecule has 1 aromatic rings. The minimum Gasteiger partial charge on any atom is -0.370 e. The van der Waals surface area contributed by atoms with E-state index >= 15 is 0 Å². The molecule has 0 radical (unpaired) electrons. The van der Waals surface area contributed by atoms with Gasteiger partial charge in [0, 0.05) is 12.7 Å². The summed E-state index contributed by atoms with van der Waals surface area (Å²) in [4.78, 5) is 4.06. The molecule has 120 valence electrons. The summed E-state index contributed by atoms with van der Waals surface area (Å²) in [5.41, 5.74) is -0.333. The molecular formula is C17H21F3N2. The van der Waals surface area contributed by atoms with Gasteiger partial charge in [-0.05, 0) is 73.8 Å². The Labute approximate surface area is 128 Å². The Kier molecular flexibility index (Phi) is 3.17. The van der Waals surface area contributed by atoms with Crippen molar-refractivity contribution in [1.29, 1.82) is 0 Å². The largest absolute Gasteiger partial charge is 0.416 e. The fourth-order valence-corrected chi connectivity index (χ4v) is 5.49. The van der Waals surface area contributed by atoms with Crippen LogP contribution in [0.15, 0.2) is 18.3 Å². The lowest BCUT2D eigenvalue weighted by Gasteiger charge is -2.57. The molecule has 0 amide bonds. The molecule has 0 spiro atoms. The predicted molar refractivity (Wildman–Crippen MR) is 78.3 cm³/mol. The number of nitrogens with zero attached hydrogens (tertiary/aromatic N) is 1. The van der Waals surface area contributed by atoms with E-state index in [1.807, 2.05) is 0 Å². The van der Waals surface area contributed by atoms with Crippen LogP contribution in [0.4, 0.5) is 19.0 Å². The quantitative estimate of drug-likeness (QED) is 0.873. The molecule has 4 fully saturated rings. The second-order valence-electron chi connectivity index (χ2n) is 7.70. The highest BCUT2D eigenvalue weighted by Crippen LogP contribution is 2.59. The first-order valence-corrected chi connectivity index (χ1v) is 8.19. The number of rotatable bonds is 3. The number of hydrogen-bond donors (Lipinski definition) is 1. The fourth-order valence-electron chi connectivity index (χ4n) is 5.49. The maximum atomic E-state index is 12.8. The van der Waals surface area contributed by atoms with Gasteiger partial charge in [-0.2, -0.15) is 13.2 Å². The number of halogens is 3. The van der Waals surface area contributed by atoms with Crippen molar-refractivity contribution >= 4 is 5.82 Å². The molecule has 2 nitrogen and oxygen atoms in total. The molecule has 1 N–H and O–H groups in total. The van der Waals surface area contributed by atoms with Gasteiger partial charge < -0.3 is 5.32 Å². The van der Waals surface area contributed by atoms with E-state index in [1.54, 1.807) is 0 Å². The first kappa shape index (κ1) is 14.3. The lowest BCUT2D eigenvalue weighted by molar-refractivity contribution is -0.137. The fraction of sp³-hybridized carbons (Fsp3) is 0.706. The Hall–Kier alpha value is -1.26. The number of alkyl halides is 3. The number of nitrogens with one attached hydrogen (secondary N) is 1. The topological polar surface area (TPSA) is 24.9 Å². The van der Waals surface area contributed by atoms with Crippen molar-refractivity contribution in [1.82, 2.24) is 4.98 Å². The number of aromatic nitrogens is 1. The van der Waals surface area contributed by atoms with Crippen molar-refractivity contribution in [2.24, 2.45) is 23.2 Å². The van der Waals surface area contributed by atoms with Crippen molar-refractivity contribution in [3.05, 3.63) is 23.9 Å². The average molecular weight is 310 g/mol. The van der Waals surface area contributed by atoms with Crippen molar-refractivity contribution in [3.63, 3.8) is 0 Å². The first-order valence-electron chi connectivity index (χ1n) is 8.19. The van der Waals surface area contributed by atoms with Crippen LogP contribution in [0.2, 0.25) is 0 Å². The zero-order valence-corrected chi connectivity index (χ0v) is 12.5. The van der Waals surface area contributed by atoms with Gasteiger partial charge in [0.25, 0.3) is 0 Å².